The number of amides is 2. The average Bonchev–Trinajstić information content (AvgIpc) is 2.82. The number of carbonyl (C=O) groups is 2. The highest BCUT2D eigenvalue weighted by Gasteiger charge is 2.33. The molecule has 0 aliphatic carbocycles. The van der Waals surface area contributed by atoms with Gasteiger partial charge in [0, 0.05) is 31.7 Å². The Kier molecular flexibility index (Phi) is 6.91. The van der Waals surface area contributed by atoms with E-state index in [4.69, 9.17) is 0 Å². The topological polar surface area (TPSA) is 86.8 Å². The fraction of sp³-hybridized carbons (Fsp3) is 0.417. The molecular formula is C24H29N3O4S. The van der Waals surface area contributed by atoms with Crippen molar-refractivity contribution in [2.75, 3.05) is 25.0 Å². The maximum absolute atomic E-state index is 13.4. The third kappa shape index (κ3) is 4.86. The Bertz CT molecular complexity index is 1070. The first-order chi connectivity index (χ1) is 15.5. The minimum atomic E-state index is -3.60. The first kappa shape index (κ1) is 22.5. The molecule has 2 aliphatic rings. The van der Waals surface area contributed by atoms with Crippen LogP contribution in [0.15, 0.2) is 59.5 Å². The van der Waals surface area contributed by atoms with E-state index in [1.807, 2.05) is 30.3 Å². The lowest BCUT2D eigenvalue weighted by Crippen LogP contribution is -2.43. The number of anilines is 1. The summed E-state index contributed by atoms with van der Waals surface area (Å²) in [5.74, 6) is -0.388. The van der Waals surface area contributed by atoms with E-state index in [1.54, 1.807) is 23.1 Å². The predicted octanol–water partition coefficient (Wildman–Crippen LogP) is 3.55. The van der Waals surface area contributed by atoms with Gasteiger partial charge >= 0.3 is 0 Å². The summed E-state index contributed by atoms with van der Waals surface area (Å²) in [6.45, 7) is 1.56. The van der Waals surface area contributed by atoms with Crippen LogP contribution in [0.1, 0.15) is 50.1 Å². The Hall–Kier alpha value is -2.71. The molecule has 0 aromatic heterocycles. The third-order valence-corrected chi connectivity index (χ3v) is 7.98. The smallest absolute Gasteiger partial charge is 0.251 e. The number of rotatable bonds is 6. The summed E-state index contributed by atoms with van der Waals surface area (Å²) in [5.41, 5.74) is 1.14. The number of piperidine rings is 2. The summed E-state index contributed by atoms with van der Waals surface area (Å²) in [6, 6.07) is 14.8. The highest BCUT2D eigenvalue weighted by Crippen LogP contribution is 2.28. The molecule has 0 bridgehead atoms. The van der Waals surface area contributed by atoms with Crippen molar-refractivity contribution in [2.24, 2.45) is 0 Å². The van der Waals surface area contributed by atoms with Gasteiger partial charge in [-0.25, -0.2) is 8.42 Å². The monoisotopic (exact) mass is 455 g/mol. The number of likely N-dealkylation sites (tertiary alicyclic amines) is 1. The zero-order valence-electron chi connectivity index (χ0n) is 18.1. The van der Waals surface area contributed by atoms with Gasteiger partial charge in [0.15, 0.2) is 0 Å². The Morgan fingerprint density at radius 1 is 0.875 bits per heavy atom. The van der Waals surface area contributed by atoms with E-state index in [9.17, 15) is 18.0 Å². The van der Waals surface area contributed by atoms with Crippen molar-refractivity contribution in [1.82, 2.24) is 9.21 Å². The molecule has 2 aromatic carbocycles. The van der Waals surface area contributed by atoms with Crippen molar-refractivity contribution in [3.63, 3.8) is 0 Å². The maximum atomic E-state index is 13.4. The molecule has 170 valence electrons. The van der Waals surface area contributed by atoms with E-state index >= 15 is 0 Å². The predicted molar refractivity (Wildman–Crippen MR) is 122 cm³/mol. The number of benzene rings is 2. The molecule has 2 amide bonds. The quantitative estimate of drug-likeness (QED) is 0.722. The van der Waals surface area contributed by atoms with Crippen LogP contribution in [-0.2, 0) is 19.6 Å². The van der Waals surface area contributed by atoms with Crippen LogP contribution in [0.3, 0.4) is 0 Å². The van der Waals surface area contributed by atoms with Crippen molar-refractivity contribution in [2.45, 2.75) is 49.5 Å². The summed E-state index contributed by atoms with van der Waals surface area (Å²) in [6.07, 6.45) is 4.87. The summed E-state index contributed by atoms with van der Waals surface area (Å²) in [7, 11) is -3.60. The molecule has 0 radical (unpaired) electrons. The number of carbonyl (C=O) groups excluding carboxylic acids is 2. The van der Waals surface area contributed by atoms with Gasteiger partial charge in [0.1, 0.15) is 6.04 Å². The Morgan fingerprint density at radius 3 is 2.31 bits per heavy atom. The molecule has 7 nitrogen and oxygen atoms in total. The van der Waals surface area contributed by atoms with Crippen LogP contribution in [0.2, 0.25) is 0 Å². The van der Waals surface area contributed by atoms with Crippen molar-refractivity contribution < 1.29 is 18.0 Å². The lowest BCUT2D eigenvalue weighted by molar-refractivity contribution is -0.141. The summed E-state index contributed by atoms with van der Waals surface area (Å²) >= 11 is 0. The number of nitrogens with one attached hydrogen (secondary N) is 1. The first-order valence-electron chi connectivity index (χ1n) is 11.2. The molecule has 4 rings (SSSR count). The highest BCUT2D eigenvalue weighted by molar-refractivity contribution is 7.89. The van der Waals surface area contributed by atoms with Gasteiger partial charge in [-0.05, 0) is 49.4 Å². The molecule has 1 unspecified atom stereocenters. The second-order valence-corrected chi connectivity index (χ2v) is 10.3. The van der Waals surface area contributed by atoms with Gasteiger partial charge in [-0.1, -0.05) is 42.8 Å². The van der Waals surface area contributed by atoms with Crippen LogP contribution in [0.25, 0.3) is 0 Å². The highest BCUT2D eigenvalue weighted by atomic mass is 32.2. The standard InChI is InChI=1S/C24H29N3O4S/c28-22-14-5-8-17-27(22)23(19-10-3-1-4-11-19)24(29)25-20-12-9-13-21(18-20)32(30,31)26-15-6-2-7-16-26/h1,3-4,9-13,18,23H,2,5-8,14-17H2,(H,25,29). The third-order valence-electron chi connectivity index (χ3n) is 6.09. The molecule has 2 saturated heterocycles. The van der Waals surface area contributed by atoms with Crippen LogP contribution in [-0.4, -0.2) is 49.1 Å². The zero-order chi connectivity index (χ0) is 22.6. The van der Waals surface area contributed by atoms with E-state index in [0.29, 0.717) is 31.7 Å². The molecule has 1 N–H and O–H groups in total. The largest absolute Gasteiger partial charge is 0.327 e. The molecule has 1 atom stereocenters. The second-order valence-electron chi connectivity index (χ2n) is 8.34. The molecule has 2 heterocycles. The van der Waals surface area contributed by atoms with Crippen LogP contribution in [0.4, 0.5) is 5.69 Å². The van der Waals surface area contributed by atoms with Crippen LogP contribution < -0.4 is 5.32 Å². The SMILES string of the molecule is O=C(Nc1cccc(S(=O)(=O)N2CCCCC2)c1)C(c1ccccc1)N1CCCCC1=O. The van der Waals surface area contributed by atoms with Crippen molar-refractivity contribution >= 4 is 27.5 Å². The second kappa shape index (κ2) is 9.83. The molecule has 2 aliphatic heterocycles. The lowest BCUT2D eigenvalue weighted by atomic mass is 10.0. The van der Waals surface area contributed by atoms with Gasteiger partial charge in [0.05, 0.1) is 4.90 Å². The van der Waals surface area contributed by atoms with Crippen LogP contribution in [0.5, 0.6) is 0 Å². The molecule has 2 aromatic rings. The van der Waals surface area contributed by atoms with Crippen molar-refractivity contribution in [3.05, 3.63) is 60.2 Å². The number of sulfonamides is 1. The van der Waals surface area contributed by atoms with E-state index in [2.05, 4.69) is 5.32 Å². The Labute approximate surface area is 189 Å². The zero-order valence-corrected chi connectivity index (χ0v) is 18.9. The van der Waals surface area contributed by atoms with Crippen LogP contribution >= 0.6 is 0 Å². The minimum Gasteiger partial charge on any atom is -0.327 e. The summed E-state index contributed by atoms with van der Waals surface area (Å²) in [5, 5.41) is 2.86. The van der Waals surface area contributed by atoms with E-state index in [1.165, 1.54) is 10.4 Å². The lowest BCUT2D eigenvalue weighted by Gasteiger charge is -2.34. The summed E-state index contributed by atoms with van der Waals surface area (Å²) < 4.78 is 27.6. The van der Waals surface area contributed by atoms with Gasteiger partial charge in [-0.15, -0.1) is 0 Å². The fourth-order valence-corrected chi connectivity index (χ4v) is 5.97. The molecule has 8 heteroatoms. The van der Waals surface area contributed by atoms with Crippen LogP contribution in [0, 0.1) is 0 Å². The first-order valence-corrected chi connectivity index (χ1v) is 12.7. The number of hydrogen-bond donors (Lipinski definition) is 1. The van der Waals surface area contributed by atoms with E-state index in [-0.39, 0.29) is 16.7 Å². The van der Waals surface area contributed by atoms with E-state index < -0.39 is 16.1 Å². The normalized spacial score (nSPS) is 18.9. The van der Waals surface area contributed by atoms with Gasteiger partial charge in [-0.2, -0.15) is 4.31 Å². The van der Waals surface area contributed by atoms with Crippen molar-refractivity contribution in [3.8, 4) is 0 Å². The van der Waals surface area contributed by atoms with Gasteiger partial charge < -0.3 is 10.2 Å². The molecule has 0 saturated carbocycles. The molecule has 0 spiro atoms. The Morgan fingerprint density at radius 2 is 1.59 bits per heavy atom. The number of hydrogen-bond acceptors (Lipinski definition) is 4. The summed E-state index contributed by atoms with van der Waals surface area (Å²) in [4.78, 5) is 27.7. The van der Waals surface area contributed by atoms with Crippen molar-refractivity contribution in [1.29, 1.82) is 0 Å². The van der Waals surface area contributed by atoms with E-state index in [0.717, 1.165) is 37.7 Å². The van der Waals surface area contributed by atoms with Gasteiger partial charge in [0.25, 0.3) is 5.91 Å². The Balaban J connectivity index is 1.58. The number of nitrogens with zero attached hydrogens (tertiary/aromatic N) is 2. The van der Waals surface area contributed by atoms with Gasteiger partial charge in [-0.3, -0.25) is 9.59 Å². The maximum Gasteiger partial charge on any atom is 0.251 e. The fourth-order valence-electron chi connectivity index (χ4n) is 4.41. The minimum absolute atomic E-state index is 0.0401. The molecule has 2 fully saturated rings. The molecule has 32 heavy (non-hydrogen) atoms. The average molecular weight is 456 g/mol. The molecular weight excluding hydrogens is 426 g/mol. The van der Waals surface area contributed by atoms with Gasteiger partial charge in [0.2, 0.25) is 15.9 Å².